The number of benzene rings is 4. The Hall–Kier alpha value is -3.59. The Kier molecular flexibility index (Phi) is 5.30. The molecule has 0 aliphatic rings. The molecule has 0 bridgehead atoms. The van der Waals surface area contributed by atoms with Crippen molar-refractivity contribution in [1.82, 2.24) is 0 Å². The van der Waals surface area contributed by atoms with E-state index >= 15 is 0 Å². The molecule has 0 heterocycles. The zero-order chi connectivity index (χ0) is 20.2. The largest absolute Gasteiger partial charge is 0.369 e. The molecule has 2 N–H and O–H groups in total. The van der Waals surface area contributed by atoms with Gasteiger partial charge in [-0.05, 0) is 35.1 Å². The lowest BCUT2D eigenvalue weighted by Gasteiger charge is -2.22. The van der Waals surface area contributed by atoms with E-state index in [-0.39, 0.29) is 0 Å². The number of aliphatic imine (C=N–C) groups is 1. The second-order valence-electron chi connectivity index (χ2n) is 7.10. The van der Waals surface area contributed by atoms with Crippen LogP contribution in [-0.2, 0) is 6.42 Å². The smallest absolute Gasteiger partial charge is 0.200 e. The normalized spacial score (nSPS) is 11.6. The van der Waals surface area contributed by atoms with E-state index in [4.69, 9.17) is 10.7 Å². The van der Waals surface area contributed by atoms with Crippen molar-refractivity contribution in [1.29, 1.82) is 0 Å². The highest BCUT2D eigenvalue weighted by molar-refractivity contribution is 6.02. The third kappa shape index (κ3) is 3.85. The van der Waals surface area contributed by atoms with Gasteiger partial charge in [-0.3, -0.25) is 0 Å². The third-order valence-electron chi connectivity index (χ3n) is 5.26. The van der Waals surface area contributed by atoms with Gasteiger partial charge in [0, 0.05) is 18.0 Å². The fourth-order valence-electron chi connectivity index (χ4n) is 3.60. The third-order valence-corrected chi connectivity index (χ3v) is 5.26. The maximum Gasteiger partial charge on any atom is 0.200 e. The van der Waals surface area contributed by atoms with Crippen molar-refractivity contribution in [3.05, 3.63) is 96.6 Å². The van der Waals surface area contributed by atoms with Gasteiger partial charge in [-0.1, -0.05) is 85.8 Å². The number of guanidine groups is 1. The Labute approximate surface area is 172 Å². The lowest BCUT2D eigenvalue weighted by molar-refractivity contribution is 1.14. The van der Waals surface area contributed by atoms with Crippen molar-refractivity contribution in [3.8, 4) is 11.1 Å². The molecule has 0 amide bonds. The maximum atomic E-state index is 6.45. The summed E-state index contributed by atoms with van der Waals surface area (Å²) in [6.07, 6.45) is 1.01. The van der Waals surface area contributed by atoms with Gasteiger partial charge in [0.15, 0.2) is 0 Å². The highest BCUT2D eigenvalue weighted by Crippen LogP contribution is 2.32. The molecule has 4 aromatic carbocycles. The highest BCUT2D eigenvalue weighted by Gasteiger charge is 2.12. The van der Waals surface area contributed by atoms with Crippen molar-refractivity contribution in [2.45, 2.75) is 13.3 Å². The minimum absolute atomic E-state index is 0.459. The van der Waals surface area contributed by atoms with Crippen LogP contribution >= 0.6 is 0 Å². The van der Waals surface area contributed by atoms with Crippen molar-refractivity contribution >= 4 is 28.1 Å². The molecular formula is C26H25N3. The summed E-state index contributed by atoms with van der Waals surface area (Å²) in [6.45, 7) is 2.17. The van der Waals surface area contributed by atoms with E-state index in [0.717, 1.165) is 34.1 Å². The summed E-state index contributed by atoms with van der Waals surface area (Å²) in [6, 6.07) is 31.3. The van der Waals surface area contributed by atoms with Crippen LogP contribution in [0.2, 0.25) is 0 Å². The molecule has 4 rings (SSSR count). The van der Waals surface area contributed by atoms with Gasteiger partial charge in [-0.15, -0.1) is 0 Å². The predicted octanol–water partition coefficient (Wildman–Crippen LogP) is 6.15. The number of hydrogen-bond acceptors (Lipinski definition) is 1. The molecule has 4 aromatic rings. The lowest BCUT2D eigenvalue weighted by Crippen LogP contribution is -2.34. The molecule has 0 fully saturated rings. The predicted molar refractivity (Wildman–Crippen MR) is 125 cm³/mol. The SMILES string of the molecule is CCc1cccc(-c2ccccc2N(C)C(N)=Nc2cccc3ccccc23)c1. The second-order valence-corrected chi connectivity index (χ2v) is 7.10. The summed E-state index contributed by atoms with van der Waals surface area (Å²) in [7, 11) is 1.96. The molecule has 0 spiro atoms. The van der Waals surface area contributed by atoms with Crippen LogP contribution in [0.4, 0.5) is 11.4 Å². The topological polar surface area (TPSA) is 41.6 Å². The van der Waals surface area contributed by atoms with Crippen LogP contribution in [0.15, 0.2) is 96.0 Å². The van der Waals surface area contributed by atoms with E-state index in [1.54, 1.807) is 0 Å². The number of para-hydroxylation sites is 1. The van der Waals surface area contributed by atoms with E-state index in [2.05, 4.69) is 67.6 Å². The van der Waals surface area contributed by atoms with E-state index in [9.17, 15) is 0 Å². The van der Waals surface area contributed by atoms with Gasteiger partial charge in [0.05, 0.1) is 11.4 Å². The Morgan fingerprint density at radius 2 is 1.59 bits per heavy atom. The molecule has 0 aromatic heterocycles. The molecule has 3 nitrogen and oxygen atoms in total. The summed E-state index contributed by atoms with van der Waals surface area (Å²) < 4.78 is 0. The summed E-state index contributed by atoms with van der Waals surface area (Å²) in [4.78, 5) is 6.71. The van der Waals surface area contributed by atoms with Crippen LogP contribution in [0.1, 0.15) is 12.5 Å². The molecule has 0 saturated carbocycles. The van der Waals surface area contributed by atoms with Crippen molar-refractivity contribution in [2.75, 3.05) is 11.9 Å². The van der Waals surface area contributed by atoms with Crippen molar-refractivity contribution in [2.24, 2.45) is 10.7 Å². The van der Waals surface area contributed by atoms with E-state index < -0.39 is 0 Å². The Balaban J connectivity index is 1.75. The molecule has 0 unspecified atom stereocenters. The maximum absolute atomic E-state index is 6.45. The average Bonchev–Trinajstić information content (AvgIpc) is 2.79. The van der Waals surface area contributed by atoms with Gasteiger partial charge < -0.3 is 10.6 Å². The van der Waals surface area contributed by atoms with E-state index in [0.29, 0.717) is 5.96 Å². The first kappa shape index (κ1) is 18.8. The first-order valence-corrected chi connectivity index (χ1v) is 9.91. The van der Waals surface area contributed by atoms with Crippen LogP contribution in [0, 0.1) is 0 Å². The Bertz CT molecular complexity index is 1170. The Morgan fingerprint density at radius 1 is 0.862 bits per heavy atom. The van der Waals surface area contributed by atoms with Crippen LogP contribution in [0.5, 0.6) is 0 Å². The number of nitrogens with two attached hydrogens (primary N) is 1. The van der Waals surface area contributed by atoms with E-state index in [1.165, 1.54) is 11.1 Å². The van der Waals surface area contributed by atoms with Crippen LogP contribution in [-0.4, -0.2) is 13.0 Å². The second kappa shape index (κ2) is 8.19. The van der Waals surface area contributed by atoms with Gasteiger partial charge in [-0.2, -0.15) is 0 Å². The van der Waals surface area contributed by atoms with E-state index in [1.807, 2.05) is 42.3 Å². The lowest BCUT2D eigenvalue weighted by atomic mass is 10.00. The van der Waals surface area contributed by atoms with Gasteiger partial charge in [0.1, 0.15) is 0 Å². The molecule has 0 radical (unpaired) electrons. The summed E-state index contributed by atoms with van der Waals surface area (Å²) in [5.74, 6) is 0.459. The molecule has 29 heavy (non-hydrogen) atoms. The minimum atomic E-state index is 0.459. The summed E-state index contributed by atoms with van der Waals surface area (Å²) in [5, 5.41) is 2.25. The quantitative estimate of drug-likeness (QED) is 0.341. The molecule has 3 heteroatoms. The Morgan fingerprint density at radius 3 is 2.45 bits per heavy atom. The van der Waals surface area contributed by atoms with Crippen LogP contribution in [0.3, 0.4) is 0 Å². The minimum Gasteiger partial charge on any atom is -0.369 e. The van der Waals surface area contributed by atoms with Gasteiger partial charge >= 0.3 is 0 Å². The first-order chi connectivity index (χ1) is 14.2. The summed E-state index contributed by atoms with van der Waals surface area (Å²) >= 11 is 0. The number of hydrogen-bond donors (Lipinski definition) is 1. The molecule has 144 valence electrons. The van der Waals surface area contributed by atoms with Crippen molar-refractivity contribution < 1.29 is 0 Å². The number of fused-ring (bicyclic) bond motifs is 1. The molecule has 0 aliphatic heterocycles. The van der Waals surface area contributed by atoms with Crippen molar-refractivity contribution in [3.63, 3.8) is 0 Å². The number of rotatable bonds is 4. The molecule has 0 saturated heterocycles. The zero-order valence-electron chi connectivity index (χ0n) is 16.8. The van der Waals surface area contributed by atoms with Gasteiger partial charge in [0.25, 0.3) is 0 Å². The number of nitrogens with zero attached hydrogens (tertiary/aromatic N) is 2. The summed E-state index contributed by atoms with van der Waals surface area (Å²) in [5.41, 5.74) is 12.0. The van der Waals surface area contributed by atoms with Crippen LogP contribution < -0.4 is 10.6 Å². The monoisotopic (exact) mass is 379 g/mol. The first-order valence-electron chi connectivity index (χ1n) is 9.91. The molecule has 0 aliphatic carbocycles. The van der Waals surface area contributed by atoms with Gasteiger partial charge in [0.2, 0.25) is 5.96 Å². The zero-order valence-corrected chi connectivity index (χ0v) is 16.8. The average molecular weight is 380 g/mol. The highest BCUT2D eigenvalue weighted by atomic mass is 15.2. The fourth-order valence-corrected chi connectivity index (χ4v) is 3.60. The van der Waals surface area contributed by atoms with Gasteiger partial charge in [-0.25, -0.2) is 4.99 Å². The molecule has 0 atom stereocenters. The van der Waals surface area contributed by atoms with Crippen LogP contribution in [0.25, 0.3) is 21.9 Å². The standard InChI is InChI=1S/C26H25N3/c1-3-19-10-8-13-21(18-19)23-15-6-7-17-25(23)29(2)26(27)28-24-16-9-12-20-11-4-5-14-22(20)24/h4-18H,3H2,1-2H3,(H2,27,28). The molecular weight excluding hydrogens is 354 g/mol. The fraction of sp³-hybridized carbons (Fsp3) is 0.115. The number of anilines is 1. The number of aryl methyl sites for hydroxylation is 1.